The zero-order valence-corrected chi connectivity index (χ0v) is 16.8. The third-order valence-corrected chi connectivity index (χ3v) is 5.12. The van der Waals surface area contributed by atoms with E-state index in [4.69, 9.17) is 5.11 Å². The van der Waals surface area contributed by atoms with E-state index in [1.165, 1.54) is 0 Å². The molecule has 5 heteroatoms. The second-order valence-electron chi connectivity index (χ2n) is 7.21. The third kappa shape index (κ3) is 9.10. The molecule has 0 spiro atoms. The normalized spacial score (nSPS) is 19.1. The van der Waals surface area contributed by atoms with Crippen molar-refractivity contribution in [1.29, 1.82) is 0 Å². The minimum absolute atomic E-state index is 0.0606. The van der Waals surface area contributed by atoms with Crippen molar-refractivity contribution in [3.63, 3.8) is 0 Å². The SMILES string of the molecule is CCC#CC[C@H](CC)[C@H](O)C=C[C@H]1CCC(=O)N1CCCCCCC(=O)O. The average molecular weight is 378 g/mol. The highest BCUT2D eigenvalue weighted by atomic mass is 16.4. The summed E-state index contributed by atoms with van der Waals surface area (Å²) >= 11 is 0. The van der Waals surface area contributed by atoms with Crippen LogP contribution in [0.2, 0.25) is 0 Å². The number of amides is 1. The number of aliphatic carboxylic acids is 1. The van der Waals surface area contributed by atoms with Crippen molar-refractivity contribution < 1.29 is 19.8 Å². The van der Waals surface area contributed by atoms with Crippen LogP contribution in [-0.2, 0) is 9.59 Å². The molecular weight excluding hydrogens is 342 g/mol. The van der Waals surface area contributed by atoms with Crippen molar-refractivity contribution in [2.75, 3.05) is 6.54 Å². The van der Waals surface area contributed by atoms with E-state index in [9.17, 15) is 14.7 Å². The molecule has 1 saturated heterocycles. The second-order valence-corrected chi connectivity index (χ2v) is 7.21. The third-order valence-electron chi connectivity index (χ3n) is 5.12. The molecule has 0 saturated carbocycles. The van der Waals surface area contributed by atoms with Crippen LogP contribution in [-0.4, -0.2) is 45.7 Å². The number of aliphatic hydroxyl groups is 1. The summed E-state index contributed by atoms with van der Waals surface area (Å²) < 4.78 is 0. The van der Waals surface area contributed by atoms with Crippen LogP contribution < -0.4 is 0 Å². The van der Waals surface area contributed by atoms with Gasteiger partial charge < -0.3 is 15.1 Å². The Balaban J connectivity index is 2.45. The van der Waals surface area contributed by atoms with Crippen molar-refractivity contribution in [3.8, 4) is 11.8 Å². The Bertz CT molecular complexity index is 546. The Hall–Kier alpha value is -1.80. The Morgan fingerprint density at radius 3 is 2.67 bits per heavy atom. The Kier molecular flexibility index (Phi) is 11.5. The number of likely N-dealkylation sites (tertiary alicyclic amines) is 1. The molecule has 27 heavy (non-hydrogen) atoms. The van der Waals surface area contributed by atoms with E-state index >= 15 is 0 Å². The van der Waals surface area contributed by atoms with Crippen LogP contribution in [0, 0.1) is 17.8 Å². The molecule has 3 atom stereocenters. The van der Waals surface area contributed by atoms with E-state index in [0.29, 0.717) is 25.8 Å². The minimum atomic E-state index is -0.750. The minimum Gasteiger partial charge on any atom is -0.481 e. The summed E-state index contributed by atoms with van der Waals surface area (Å²) in [5, 5.41) is 19.1. The van der Waals surface area contributed by atoms with Gasteiger partial charge in [-0.2, -0.15) is 0 Å². The number of carboxylic acids is 1. The van der Waals surface area contributed by atoms with E-state index in [2.05, 4.69) is 18.8 Å². The maximum Gasteiger partial charge on any atom is 0.303 e. The quantitative estimate of drug-likeness (QED) is 0.308. The Morgan fingerprint density at radius 1 is 1.26 bits per heavy atom. The molecule has 0 bridgehead atoms. The molecule has 0 aromatic rings. The summed E-state index contributed by atoms with van der Waals surface area (Å²) in [6, 6.07) is 0.0606. The number of hydrogen-bond acceptors (Lipinski definition) is 3. The first kappa shape index (κ1) is 23.2. The summed E-state index contributed by atoms with van der Waals surface area (Å²) in [6.07, 6.45) is 10.7. The van der Waals surface area contributed by atoms with Gasteiger partial charge in [0.15, 0.2) is 0 Å². The maximum absolute atomic E-state index is 12.1. The van der Waals surface area contributed by atoms with E-state index in [0.717, 1.165) is 38.5 Å². The molecule has 0 aromatic carbocycles. The van der Waals surface area contributed by atoms with E-state index in [-0.39, 0.29) is 24.3 Å². The van der Waals surface area contributed by atoms with Crippen molar-refractivity contribution in [3.05, 3.63) is 12.2 Å². The molecule has 0 aliphatic carbocycles. The first-order chi connectivity index (χ1) is 13.0. The molecule has 1 aliphatic rings. The summed E-state index contributed by atoms with van der Waals surface area (Å²) in [5.74, 6) is 5.71. The molecule has 0 unspecified atom stereocenters. The van der Waals surface area contributed by atoms with Crippen LogP contribution in [0.25, 0.3) is 0 Å². The van der Waals surface area contributed by atoms with Crippen LogP contribution in [0.3, 0.4) is 0 Å². The number of hydrogen-bond donors (Lipinski definition) is 2. The Morgan fingerprint density at radius 2 is 2.00 bits per heavy atom. The molecule has 152 valence electrons. The monoisotopic (exact) mass is 377 g/mol. The van der Waals surface area contributed by atoms with Gasteiger partial charge in [-0.3, -0.25) is 9.59 Å². The molecule has 1 fully saturated rings. The summed E-state index contributed by atoms with van der Waals surface area (Å²) in [5.41, 5.74) is 0. The molecule has 0 aromatic heterocycles. The lowest BCUT2D eigenvalue weighted by molar-refractivity contribution is -0.137. The smallest absolute Gasteiger partial charge is 0.303 e. The highest BCUT2D eigenvalue weighted by Gasteiger charge is 2.28. The first-order valence-corrected chi connectivity index (χ1v) is 10.3. The van der Waals surface area contributed by atoms with Gasteiger partial charge in [0.05, 0.1) is 12.1 Å². The lowest BCUT2D eigenvalue weighted by atomic mass is 9.95. The fourth-order valence-corrected chi connectivity index (χ4v) is 3.39. The molecule has 0 radical (unpaired) electrons. The number of aliphatic hydroxyl groups excluding tert-OH is 1. The van der Waals surface area contributed by atoms with Gasteiger partial charge in [0, 0.05) is 32.2 Å². The second kappa shape index (κ2) is 13.4. The summed E-state index contributed by atoms with van der Waals surface area (Å²) in [4.78, 5) is 24.5. The highest BCUT2D eigenvalue weighted by Crippen LogP contribution is 2.22. The Labute approximate surface area is 163 Å². The van der Waals surface area contributed by atoms with Crippen LogP contribution in [0.1, 0.15) is 78.1 Å². The van der Waals surface area contributed by atoms with Gasteiger partial charge in [-0.05, 0) is 31.6 Å². The van der Waals surface area contributed by atoms with Crippen LogP contribution >= 0.6 is 0 Å². The molecule has 1 aliphatic heterocycles. The summed E-state index contributed by atoms with van der Waals surface area (Å²) in [6.45, 7) is 4.78. The van der Waals surface area contributed by atoms with Crippen LogP contribution in [0.15, 0.2) is 12.2 Å². The molecule has 1 heterocycles. The van der Waals surface area contributed by atoms with Gasteiger partial charge in [-0.15, -0.1) is 11.8 Å². The van der Waals surface area contributed by atoms with Crippen LogP contribution in [0.4, 0.5) is 0 Å². The lowest BCUT2D eigenvalue weighted by Gasteiger charge is -2.23. The highest BCUT2D eigenvalue weighted by molar-refractivity contribution is 5.79. The molecule has 5 nitrogen and oxygen atoms in total. The topological polar surface area (TPSA) is 77.8 Å². The number of carbonyl (C=O) groups excluding carboxylic acids is 1. The maximum atomic E-state index is 12.1. The molecule has 1 rings (SSSR count). The van der Waals surface area contributed by atoms with Crippen molar-refractivity contribution >= 4 is 11.9 Å². The number of carboxylic acid groups (broad SMARTS) is 1. The zero-order valence-electron chi connectivity index (χ0n) is 16.8. The largest absolute Gasteiger partial charge is 0.481 e. The van der Waals surface area contributed by atoms with Crippen molar-refractivity contribution in [1.82, 2.24) is 4.90 Å². The van der Waals surface area contributed by atoms with E-state index in [1.807, 2.05) is 24.0 Å². The number of rotatable bonds is 12. The van der Waals surface area contributed by atoms with Gasteiger partial charge >= 0.3 is 5.97 Å². The number of unbranched alkanes of at least 4 members (excludes halogenated alkanes) is 3. The van der Waals surface area contributed by atoms with E-state index in [1.54, 1.807) is 0 Å². The van der Waals surface area contributed by atoms with Crippen molar-refractivity contribution in [2.45, 2.75) is 90.2 Å². The zero-order chi connectivity index (χ0) is 20.1. The lowest BCUT2D eigenvalue weighted by Crippen LogP contribution is -2.33. The number of nitrogens with zero attached hydrogens (tertiary/aromatic N) is 1. The van der Waals surface area contributed by atoms with Gasteiger partial charge in [0.2, 0.25) is 5.91 Å². The van der Waals surface area contributed by atoms with Gasteiger partial charge in [0.25, 0.3) is 0 Å². The van der Waals surface area contributed by atoms with Crippen LogP contribution in [0.5, 0.6) is 0 Å². The standard InChI is InChI=1S/C22H35NO4/c1-3-5-8-11-18(4-2)20(24)15-13-19-14-16-21(25)23(19)17-10-7-6-9-12-22(26)27/h13,15,18-20,24H,3-4,6-7,9-12,14,16-17H2,1-2H3,(H,26,27)/t18-,19-,20+/m0/s1. The first-order valence-electron chi connectivity index (χ1n) is 10.3. The van der Waals surface area contributed by atoms with Gasteiger partial charge in [-0.1, -0.05) is 38.8 Å². The average Bonchev–Trinajstić information content (AvgIpc) is 2.99. The molecular formula is C22H35NO4. The number of carbonyl (C=O) groups is 2. The van der Waals surface area contributed by atoms with Gasteiger partial charge in [-0.25, -0.2) is 0 Å². The van der Waals surface area contributed by atoms with E-state index < -0.39 is 12.1 Å². The fourth-order valence-electron chi connectivity index (χ4n) is 3.39. The fraction of sp³-hybridized carbons (Fsp3) is 0.727. The summed E-state index contributed by atoms with van der Waals surface area (Å²) in [7, 11) is 0. The van der Waals surface area contributed by atoms with Crippen molar-refractivity contribution in [2.24, 2.45) is 5.92 Å². The molecule has 1 amide bonds. The molecule has 2 N–H and O–H groups in total. The van der Waals surface area contributed by atoms with Gasteiger partial charge in [0.1, 0.15) is 0 Å². The predicted octanol–water partition coefficient (Wildman–Crippen LogP) is 3.76. The predicted molar refractivity (Wildman–Crippen MR) is 107 cm³/mol.